The molecule has 0 unspecified atom stereocenters. The standard InChI is InChI=1S/C21H20N6/c1-13-9-19(26-8-4-5-15(23)12-26)16-10-14(11-22)20-25-17-6-2-3-7-18(17)27(20)21(16)24-13/h2-3,6-7,9-10,15H,4-5,8,12,23H2,1H3/t15-/m1/s1. The zero-order valence-electron chi connectivity index (χ0n) is 15.2. The summed E-state index contributed by atoms with van der Waals surface area (Å²) in [5.74, 6) is 0. The van der Waals surface area contributed by atoms with E-state index in [2.05, 4.69) is 22.0 Å². The Morgan fingerprint density at radius 2 is 2.04 bits per heavy atom. The Balaban J connectivity index is 1.91. The fraction of sp³-hybridized carbons (Fsp3) is 0.286. The molecule has 3 aromatic heterocycles. The van der Waals surface area contributed by atoms with Crippen LogP contribution in [0.5, 0.6) is 0 Å². The first kappa shape index (κ1) is 16.0. The van der Waals surface area contributed by atoms with Gasteiger partial charge in [-0.2, -0.15) is 5.26 Å². The number of rotatable bonds is 1. The van der Waals surface area contributed by atoms with Crippen LogP contribution in [0.25, 0.3) is 27.7 Å². The second-order valence-corrected chi connectivity index (χ2v) is 7.30. The molecule has 0 amide bonds. The first-order valence-corrected chi connectivity index (χ1v) is 9.28. The van der Waals surface area contributed by atoms with Gasteiger partial charge in [-0.25, -0.2) is 9.97 Å². The minimum atomic E-state index is 0.176. The van der Waals surface area contributed by atoms with E-state index in [1.807, 2.05) is 41.7 Å². The SMILES string of the molecule is Cc1cc(N2CCC[C@@H](N)C2)c2cc(C#N)c3nc4ccccc4n3c2n1. The lowest BCUT2D eigenvalue weighted by atomic mass is 10.0. The maximum Gasteiger partial charge on any atom is 0.157 e. The lowest BCUT2D eigenvalue weighted by molar-refractivity contribution is 0.507. The van der Waals surface area contributed by atoms with E-state index in [1.54, 1.807) is 0 Å². The molecule has 1 fully saturated rings. The Morgan fingerprint density at radius 1 is 1.19 bits per heavy atom. The number of benzene rings is 1. The molecule has 6 nitrogen and oxygen atoms in total. The van der Waals surface area contributed by atoms with Gasteiger partial charge in [0.2, 0.25) is 0 Å². The summed E-state index contributed by atoms with van der Waals surface area (Å²) in [6, 6.07) is 14.5. The lowest BCUT2D eigenvalue weighted by Crippen LogP contribution is -2.43. The molecular weight excluding hydrogens is 336 g/mol. The zero-order valence-corrected chi connectivity index (χ0v) is 15.2. The van der Waals surface area contributed by atoms with E-state index in [0.29, 0.717) is 11.2 Å². The fourth-order valence-corrected chi connectivity index (χ4v) is 4.16. The molecule has 1 aliphatic rings. The summed E-state index contributed by atoms with van der Waals surface area (Å²) in [7, 11) is 0. The van der Waals surface area contributed by atoms with Crippen molar-refractivity contribution in [1.29, 1.82) is 5.26 Å². The lowest BCUT2D eigenvalue weighted by Gasteiger charge is -2.33. The van der Waals surface area contributed by atoms with Gasteiger partial charge in [0.15, 0.2) is 5.65 Å². The Kier molecular flexibility index (Phi) is 3.52. The third-order valence-electron chi connectivity index (χ3n) is 5.37. The van der Waals surface area contributed by atoms with E-state index in [1.165, 1.54) is 0 Å². The van der Waals surface area contributed by atoms with Gasteiger partial charge >= 0.3 is 0 Å². The summed E-state index contributed by atoms with van der Waals surface area (Å²) in [6.07, 6.45) is 2.13. The quantitative estimate of drug-likeness (QED) is 0.566. The van der Waals surface area contributed by atoms with Gasteiger partial charge in [-0.15, -0.1) is 0 Å². The van der Waals surface area contributed by atoms with Crippen LogP contribution in [-0.4, -0.2) is 33.5 Å². The van der Waals surface area contributed by atoms with Crippen LogP contribution >= 0.6 is 0 Å². The van der Waals surface area contributed by atoms with Gasteiger partial charge in [0, 0.05) is 35.9 Å². The third-order valence-corrected chi connectivity index (χ3v) is 5.37. The fourth-order valence-electron chi connectivity index (χ4n) is 4.16. The molecule has 4 aromatic rings. The van der Waals surface area contributed by atoms with Crippen LogP contribution < -0.4 is 10.6 Å². The number of anilines is 1. The van der Waals surface area contributed by atoms with Crippen molar-refractivity contribution in [3.8, 4) is 6.07 Å². The van der Waals surface area contributed by atoms with E-state index in [4.69, 9.17) is 10.7 Å². The average Bonchev–Trinajstić information content (AvgIpc) is 3.07. The van der Waals surface area contributed by atoms with Crippen molar-refractivity contribution in [3.63, 3.8) is 0 Å². The highest BCUT2D eigenvalue weighted by Crippen LogP contribution is 2.33. The molecule has 0 spiro atoms. The molecule has 134 valence electrons. The van der Waals surface area contributed by atoms with E-state index in [-0.39, 0.29) is 6.04 Å². The minimum Gasteiger partial charge on any atom is -0.369 e. The van der Waals surface area contributed by atoms with E-state index in [9.17, 15) is 5.26 Å². The number of aryl methyl sites for hydroxylation is 1. The predicted octanol–water partition coefficient (Wildman–Crippen LogP) is 3.14. The normalized spacial score (nSPS) is 17.7. The van der Waals surface area contributed by atoms with Crippen LogP contribution in [-0.2, 0) is 0 Å². The van der Waals surface area contributed by atoms with Crippen molar-refractivity contribution in [2.45, 2.75) is 25.8 Å². The molecule has 1 aromatic carbocycles. The second kappa shape index (κ2) is 5.93. The highest BCUT2D eigenvalue weighted by atomic mass is 15.2. The number of nitriles is 1. The number of para-hydroxylation sites is 2. The molecule has 0 radical (unpaired) electrons. The molecule has 6 heteroatoms. The van der Waals surface area contributed by atoms with Gasteiger partial charge in [0.25, 0.3) is 0 Å². The highest BCUT2D eigenvalue weighted by molar-refractivity contribution is 5.97. The van der Waals surface area contributed by atoms with Crippen molar-refractivity contribution in [2.75, 3.05) is 18.0 Å². The van der Waals surface area contributed by atoms with Crippen LogP contribution in [0.15, 0.2) is 36.4 Å². The Morgan fingerprint density at radius 3 is 2.85 bits per heavy atom. The van der Waals surface area contributed by atoms with Crippen molar-refractivity contribution in [1.82, 2.24) is 14.4 Å². The molecule has 0 bridgehead atoms. The van der Waals surface area contributed by atoms with Crippen LogP contribution in [0, 0.1) is 18.3 Å². The van der Waals surface area contributed by atoms with Gasteiger partial charge in [0.1, 0.15) is 11.7 Å². The maximum absolute atomic E-state index is 9.76. The molecule has 1 aliphatic heterocycles. The van der Waals surface area contributed by atoms with Gasteiger partial charge < -0.3 is 10.6 Å². The number of imidazole rings is 1. The van der Waals surface area contributed by atoms with Gasteiger partial charge in [-0.3, -0.25) is 4.40 Å². The summed E-state index contributed by atoms with van der Waals surface area (Å²) >= 11 is 0. The zero-order chi connectivity index (χ0) is 18.5. The summed E-state index contributed by atoms with van der Waals surface area (Å²) in [5, 5.41) is 10.7. The van der Waals surface area contributed by atoms with Crippen LogP contribution in [0.2, 0.25) is 0 Å². The predicted molar refractivity (Wildman–Crippen MR) is 107 cm³/mol. The molecule has 4 heterocycles. The molecule has 1 atom stereocenters. The van der Waals surface area contributed by atoms with Crippen LogP contribution in [0.4, 0.5) is 5.69 Å². The first-order valence-electron chi connectivity index (χ1n) is 9.28. The summed E-state index contributed by atoms with van der Waals surface area (Å²) in [5.41, 5.74) is 12.2. The van der Waals surface area contributed by atoms with Gasteiger partial charge in [0.05, 0.1) is 16.6 Å². The molecule has 0 aliphatic carbocycles. The number of fused-ring (bicyclic) bond motifs is 5. The largest absolute Gasteiger partial charge is 0.369 e. The number of nitrogens with two attached hydrogens (primary N) is 1. The minimum absolute atomic E-state index is 0.176. The van der Waals surface area contributed by atoms with Crippen molar-refractivity contribution in [2.24, 2.45) is 5.73 Å². The smallest absolute Gasteiger partial charge is 0.157 e. The number of hydrogen-bond acceptors (Lipinski definition) is 5. The molecule has 5 rings (SSSR count). The second-order valence-electron chi connectivity index (χ2n) is 7.30. The summed E-state index contributed by atoms with van der Waals surface area (Å²) in [4.78, 5) is 11.8. The summed E-state index contributed by atoms with van der Waals surface area (Å²) in [6.45, 7) is 3.80. The van der Waals surface area contributed by atoms with E-state index < -0.39 is 0 Å². The van der Waals surface area contributed by atoms with Gasteiger partial charge in [-0.1, -0.05) is 12.1 Å². The number of aromatic nitrogens is 3. The van der Waals surface area contributed by atoms with Crippen molar-refractivity contribution < 1.29 is 0 Å². The molecule has 27 heavy (non-hydrogen) atoms. The molecule has 1 saturated heterocycles. The van der Waals surface area contributed by atoms with E-state index >= 15 is 0 Å². The van der Waals surface area contributed by atoms with Crippen molar-refractivity contribution >= 4 is 33.4 Å². The number of hydrogen-bond donors (Lipinski definition) is 1. The number of pyridine rings is 2. The van der Waals surface area contributed by atoms with Crippen LogP contribution in [0.3, 0.4) is 0 Å². The molecular formula is C21H20N6. The van der Waals surface area contributed by atoms with E-state index in [0.717, 1.165) is 59.4 Å². The maximum atomic E-state index is 9.76. The average molecular weight is 356 g/mol. The Bertz CT molecular complexity index is 1230. The number of nitrogens with zero attached hydrogens (tertiary/aromatic N) is 5. The Labute approximate surface area is 156 Å². The van der Waals surface area contributed by atoms with Crippen LogP contribution in [0.1, 0.15) is 24.1 Å². The van der Waals surface area contributed by atoms with Gasteiger partial charge in [-0.05, 0) is 44.0 Å². The molecule has 2 N–H and O–H groups in total. The monoisotopic (exact) mass is 356 g/mol. The van der Waals surface area contributed by atoms with Crippen molar-refractivity contribution in [3.05, 3.63) is 47.7 Å². The number of piperidine rings is 1. The summed E-state index contributed by atoms with van der Waals surface area (Å²) < 4.78 is 2.02. The Hall–Kier alpha value is -3.17. The first-order chi connectivity index (χ1) is 13.2. The topological polar surface area (TPSA) is 83.2 Å². The highest BCUT2D eigenvalue weighted by Gasteiger charge is 2.22. The third kappa shape index (κ3) is 2.43. The molecule has 0 saturated carbocycles.